The molecule has 0 aliphatic rings. The van der Waals surface area contributed by atoms with Gasteiger partial charge in [0, 0.05) is 12.6 Å². The Morgan fingerprint density at radius 1 is 1.29 bits per heavy atom. The molecule has 1 rings (SSSR count). The van der Waals surface area contributed by atoms with E-state index in [1.807, 2.05) is 12.1 Å². The Hall–Kier alpha value is -1.18. The highest BCUT2D eigenvalue weighted by atomic mass is 127. The first-order valence-electron chi connectivity index (χ1n) is 8.34. The Morgan fingerprint density at radius 2 is 2.00 bits per heavy atom. The Labute approximate surface area is 163 Å². The van der Waals surface area contributed by atoms with Gasteiger partial charge in [-0.05, 0) is 43.4 Å². The molecule has 0 fully saturated rings. The Morgan fingerprint density at radius 3 is 2.62 bits per heavy atom. The van der Waals surface area contributed by atoms with E-state index in [4.69, 9.17) is 10.5 Å². The normalized spacial score (nSPS) is 12.6. The van der Waals surface area contributed by atoms with Gasteiger partial charge in [-0.2, -0.15) is 0 Å². The number of phenolic OH excluding ortho intramolecular Hbond substituents is 1. The van der Waals surface area contributed by atoms with Gasteiger partial charge in [0.2, 0.25) is 0 Å². The first kappa shape index (κ1) is 22.8. The molecule has 1 aromatic carbocycles. The van der Waals surface area contributed by atoms with E-state index in [-0.39, 0.29) is 29.7 Å². The zero-order valence-electron chi connectivity index (χ0n) is 15.2. The van der Waals surface area contributed by atoms with Gasteiger partial charge in [-0.3, -0.25) is 4.99 Å². The van der Waals surface area contributed by atoms with E-state index in [1.54, 1.807) is 13.2 Å². The number of rotatable bonds is 9. The zero-order chi connectivity index (χ0) is 17.2. The smallest absolute Gasteiger partial charge is 0.188 e. The summed E-state index contributed by atoms with van der Waals surface area (Å²) in [5.74, 6) is 1.87. The number of ether oxygens (including phenoxy) is 1. The van der Waals surface area contributed by atoms with Crippen molar-refractivity contribution in [3.05, 3.63) is 23.8 Å². The molecule has 0 radical (unpaired) electrons. The minimum atomic E-state index is 0. The lowest BCUT2D eigenvalue weighted by molar-refractivity contribution is 0.373. The summed E-state index contributed by atoms with van der Waals surface area (Å²) in [7, 11) is 1.54. The van der Waals surface area contributed by atoms with E-state index in [0.29, 0.717) is 24.3 Å². The van der Waals surface area contributed by atoms with Crippen molar-refractivity contribution in [1.82, 2.24) is 5.32 Å². The van der Waals surface area contributed by atoms with Crippen LogP contribution < -0.4 is 15.8 Å². The number of hydrogen-bond donors (Lipinski definition) is 3. The second-order valence-electron chi connectivity index (χ2n) is 6.39. The SMILES string of the molecule is COc1cc(CCN=C(N)NC(C)CCCC(C)C)ccc1O.I. The fourth-order valence-electron chi connectivity index (χ4n) is 2.39. The van der Waals surface area contributed by atoms with Crippen LogP contribution in [0.25, 0.3) is 0 Å². The van der Waals surface area contributed by atoms with Crippen LogP contribution in [-0.4, -0.2) is 30.8 Å². The summed E-state index contributed by atoms with van der Waals surface area (Å²) in [6.07, 6.45) is 4.29. The summed E-state index contributed by atoms with van der Waals surface area (Å²) in [5.41, 5.74) is 6.98. The van der Waals surface area contributed by atoms with E-state index in [9.17, 15) is 5.11 Å². The average molecular weight is 449 g/mol. The second-order valence-corrected chi connectivity index (χ2v) is 6.39. The molecule has 0 amide bonds. The quantitative estimate of drug-likeness (QED) is 0.305. The summed E-state index contributed by atoms with van der Waals surface area (Å²) in [6, 6.07) is 5.66. The summed E-state index contributed by atoms with van der Waals surface area (Å²) in [5, 5.41) is 12.8. The second kappa shape index (κ2) is 12.2. The third kappa shape index (κ3) is 9.20. The summed E-state index contributed by atoms with van der Waals surface area (Å²) < 4.78 is 5.10. The van der Waals surface area contributed by atoms with Crippen LogP contribution in [-0.2, 0) is 6.42 Å². The van der Waals surface area contributed by atoms with E-state index in [0.717, 1.165) is 24.3 Å². The molecule has 1 aromatic rings. The maximum absolute atomic E-state index is 9.57. The molecule has 24 heavy (non-hydrogen) atoms. The number of methoxy groups -OCH3 is 1. The molecule has 0 bridgehead atoms. The molecule has 0 heterocycles. The number of benzene rings is 1. The van der Waals surface area contributed by atoms with Crippen LogP contribution in [0.1, 0.15) is 45.6 Å². The number of nitrogens with two attached hydrogens (primary N) is 1. The van der Waals surface area contributed by atoms with Crippen molar-refractivity contribution in [2.24, 2.45) is 16.6 Å². The fraction of sp³-hybridized carbons (Fsp3) is 0.611. The molecule has 4 N–H and O–H groups in total. The Kier molecular flexibility index (Phi) is 11.6. The molecule has 1 unspecified atom stereocenters. The van der Waals surface area contributed by atoms with Crippen LogP contribution in [0.5, 0.6) is 11.5 Å². The topological polar surface area (TPSA) is 79.9 Å². The number of hydrogen-bond acceptors (Lipinski definition) is 3. The maximum atomic E-state index is 9.57. The monoisotopic (exact) mass is 449 g/mol. The lowest BCUT2D eigenvalue weighted by Crippen LogP contribution is -2.38. The van der Waals surface area contributed by atoms with Crippen molar-refractivity contribution in [1.29, 1.82) is 0 Å². The van der Waals surface area contributed by atoms with Crippen LogP contribution in [0, 0.1) is 5.92 Å². The van der Waals surface area contributed by atoms with E-state index < -0.39 is 0 Å². The van der Waals surface area contributed by atoms with Gasteiger partial charge in [0.1, 0.15) is 0 Å². The fourth-order valence-corrected chi connectivity index (χ4v) is 2.39. The molecule has 0 aliphatic heterocycles. The van der Waals surface area contributed by atoms with E-state index in [2.05, 4.69) is 31.1 Å². The molecular formula is C18H32IN3O2. The molecule has 5 nitrogen and oxygen atoms in total. The third-order valence-corrected chi connectivity index (χ3v) is 3.74. The zero-order valence-corrected chi connectivity index (χ0v) is 17.5. The van der Waals surface area contributed by atoms with Crippen molar-refractivity contribution in [3.63, 3.8) is 0 Å². The molecule has 138 valence electrons. The number of phenols is 1. The summed E-state index contributed by atoms with van der Waals surface area (Å²) in [6.45, 7) is 7.22. The number of nitrogens with zero attached hydrogens (tertiary/aromatic N) is 1. The van der Waals surface area contributed by atoms with Crippen molar-refractivity contribution in [2.45, 2.75) is 52.5 Å². The predicted octanol–water partition coefficient (Wildman–Crippen LogP) is 3.68. The lowest BCUT2D eigenvalue weighted by Gasteiger charge is -2.15. The van der Waals surface area contributed by atoms with Crippen LogP contribution in [0.3, 0.4) is 0 Å². The van der Waals surface area contributed by atoms with E-state index in [1.165, 1.54) is 12.8 Å². The first-order valence-corrected chi connectivity index (χ1v) is 8.34. The van der Waals surface area contributed by atoms with Gasteiger partial charge < -0.3 is 20.9 Å². The highest BCUT2D eigenvalue weighted by molar-refractivity contribution is 14.0. The standard InChI is InChI=1S/C18H31N3O2.HI/c1-13(2)6-5-7-14(3)21-18(19)20-11-10-15-8-9-16(22)17(12-15)23-4;/h8-9,12-14,22H,5-7,10-11H2,1-4H3,(H3,19,20,21);1H. The van der Waals surface area contributed by atoms with Crippen LogP contribution in [0.2, 0.25) is 0 Å². The number of nitrogens with one attached hydrogen (secondary N) is 1. The Bertz CT molecular complexity index is 507. The minimum absolute atomic E-state index is 0. The highest BCUT2D eigenvalue weighted by Gasteiger charge is 2.05. The van der Waals surface area contributed by atoms with Crippen LogP contribution in [0.15, 0.2) is 23.2 Å². The molecular weight excluding hydrogens is 417 g/mol. The number of guanidine groups is 1. The van der Waals surface area contributed by atoms with Crippen molar-refractivity contribution in [3.8, 4) is 11.5 Å². The molecule has 0 saturated carbocycles. The minimum Gasteiger partial charge on any atom is -0.504 e. The summed E-state index contributed by atoms with van der Waals surface area (Å²) >= 11 is 0. The van der Waals surface area contributed by atoms with Gasteiger partial charge in [-0.1, -0.05) is 32.8 Å². The average Bonchev–Trinajstić information content (AvgIpc) is 2.48. The van der Waals surface area contributed by atoms with Crippen molar-refractivity contribution >= 4 is 29.9 Å². The molecule has 0 saturated heterocycles. The molecule has 0 aromatic heterocycles. The number of halogens is 1. The molecule has 1 atom stereocenters. The van der Waals surface area contributed by atoms with Gasteiger partial charge >= 0.3 is 0 Å². The maximum Gasteiger partial charge on any atom is 0.188 e. The summed E-state index contributed by atoms with van der Waals surface area (Å²) in [4.78, 5) is 4.36. The van der Waals surface area contributed by atoms with Gasteiger partial charge in [0.15, 0.2) is 17.5 Å². The van der Waals surface area contributed by atoms with Gasteiger partial charge in [0.05, 0.1) is 7.11 Å². The number of aliphatic imine (C=N–C) groups is 1. The predicted molar refractivity (Wildman–Crippen MR) is 112 cm³/mol. The molecule has 6 heteroatoms. The third-order valence-electron chi connectivity index (χ3n) is 3.74. The van der Waals surface area contributed by atoms with Crippen molar-refractivity contribution in [2.75, 3.05) is 13.7 Å². The van der Waals surface area contributed by atoms with Crippen LogP contribution >= 0.6 is 24.0 Å². The first-order chi connectivity index (χ1) is 10.9. The number of aromatic hydroxyl groups is 1. The largest absolute Gasteiger partial charge is 0.504 e. The Balaban J connectivity index is 0.00000529. The van der Waals surface area contributed by atoms with E-state index >= 15 is 0 Å². The highest BCUT2D eigenvalue weighted by Crippen LogP contribution is 2.26. The van der Waals surface area contributed by atoms with Crippen LogP contribution in [0.4, 0.5) is 0 Å². The van der Waals surface area contributed by atoms with Gasteiger partial charge in [-0.15, -0.1) is 24.0 Å². The van der Waals surface area contributed by atoms with Gasteiger partial charge in [-0.25, -0.2) is 0 Å². The van der Waals surface area contributed by atoms with Gasteiger partial charge in [0.25, 0.3) is 0 Å². The van der Waals surface area contributed by atoms with Crippen molar-refractivity contribution < 1.29 is 9.84 Å². The molecule has 0 aliphatic carbocycles. The molecule has 0 spiro atoms. The lowest BCUT2D eigenvalue weighted by atomic mass is 10.0.